The number of ether oxygens (including phenoxy) is 1. The van der Waals surface area contributed by atoms with Gasteiger partial charge in [0.05, 0.1) is 6.20 Å². The van der Waals surface area contributed by atoms with E-state index in [9.17, 15) is 23.6 Å². The Bertz CT molecular complexity index is 893. The van der Waals surface area contributed by atoms with Crippen LogP contribution in [0.3, 0.4) is 0 Å². The average Bonchev–Trinajstić information content (AvgIpc) is 2.58. The topological polar surface area (TPSA) is 150 Å². The molecule has 9 nitrogen and oxygen atoms in total. The minimum Gasteiger partial charge on any atom is -0.389 e. The van der Waals surface area contributed by atoms with Crippen molar-refractivity contribution in [2.75, 3.05) is 0 Å². The van der Waals surface area contributed by atoms with Crippen molar-refractivity contribution in [3.8, 4) is 0 Å². The first-order chi connectivity index (χ1) is 11.8. The average molecular weight is 350 g/mol. The summed E-state index contributed by atoms with van der Waals surface area (Å²) < 4.78 is 18.1. The van der Waals surface area contributed by atoms with Gasteiger partial charge >= 0.3 is 17.6 Å². The third kappa shape index (κ3) is 4.46. The maximum absolute atomic E-state index is 13.2. The van der Waals surface area contributed by atoms with Gasteiger partial charge in [0.15, 0.2) is 6.17 Å². The summed E-state index contributed by atoms with van der Waals surface area (Å²) in [5.41, 5.74) is 9.50. The van der Waals surface area contributed by atoms with E-state index in [0.717, 1.165) is 5.56 Å². The number of nitrogens with zero attached hydrogens (tertiary/aromatic N) is 1. The van der Waals surface area contributed by atoms with Crippen molar-refractivity contribution in [3.05, 3.63) is 68.7 Å². The third-order valence-corrected chi connectivity index (χ3v) is 3.27. The molecular formula is C15H15FN4O5. The molecule has 2 aromatic rings. The third-order valence-electron chi connectivity index (χ3n) is 3.27. The van der Waals surface area contributed by atoms with Crippen LogP contribution >= 0.6 is 0 Å². The van der Waals surface area contributed by atoms with Gasteiger partial charge in [-0.25, -0.2) is 14.4 Å². The minimum absolute atomic E-state index is 0.120. The first kappa shape index (κ1) is 18.2. The summed E-state index contributed by atoms with van der Waals surface area (Å²) in [5, 5.41) is 0. The van der Waals surface area contributed by atoms with Crippen LogP contribution in [0.1, 0.15) is 11.7 Å². The van der Waals surface area contributed by atoms with Crippen molar-refractivity contribution in [2.45, 2.75) is 18.6 Å². The van der Waals surface area contributed by atoms with Crippen molar-refractivity contribution in [2.24, 2.45) is 11.5 Å². The lowest BCUT2D eigenvalue weighted by atomic mass is 10.1. The monoisotopic (exact) mass is 350 g/mol. The zero-order chi connectivity index (χ0) is 18.6. The van der Waals surface area contributed by atoms with Crippen LogP contribution in [0.15, 0.2) is 46.1 Å². The molecule has 0 radical (unpaired) electrons. The number of rotatable bonds is 5. The number of benzene rings is 1. The van der Waals surface area contributed by atoms with E-state index in [1.165, 1.54) is 0 Å². The standard InChI is InChI=1S/C15H15FN4O5/c16-9-7-20(15(24)19-12(9)21)11(18)14(23)25-13(22)10(17)6-8-4-2-1-3-5-8/h1-5,7,10-11H,6,17-18H2,(H,19,21,24)/t10-,11?/m0/s1. The van der Waals surface area contributed by atoms with Crippen LogP contribution in [0.25, 0.3) is 0 Å². The molecular weight excluding hydrogens is 335 g/mol. The second kappa shape index (κ2) is 7.64. The molecule has 1 heterocycles. The highest BCUT2D eigenvalue weighted by atomic mass is 19.1. The van der Waals surface area contributed by atoms with E-state index in [0.29, 0.717) is 10.8 Å². The molecule has 25 heavy (non-hydrogen) atoms. The highest BCUT2D eigenvalue weighted by Gasteiger charge is 2.25. The van der Waals surface area contributed by atoms with Crippen LogP contribution in [0.4, 0.5) is 4.39 Å². The largest absolute Gasteiger partial charge is 0.389 e. The number of nitrogens with one attached hydrogen (secondary N) is 1. The molecule has 10 heteroatoms. The molecule has 1 aromatic carbocycles. The summed E-state index contributed by atoms with van der Waals surface area (Å²) in [5.74, 6) is -3.70. The lowest BCUT2D eigenvalue weighted by Gasteiger charge is -2.15. The van der Waals surface area contributed by atoms with Gasteiger partial charge in [0.1, 0.15) is 6.04 Å². The minimum atomic E-state index is -1.83. The number of aromatic nitrogens is 2. The number of esters is 2. The number of halogens is 1. The highest BCUT2D eigenvalue weighted by molar-refractivity contribution is 5.89. The van der Waals surface area contributed by atoms with E-state index in [2.05, 4.69) is 4.74 Å². The molecule has 0 spiro atoms. The molecule has 0 aliphatic heterocycles. The fourth-order valence-corrected chi connectivity index (χ4v) is 1.97. The Morgan fingerprint density at radius 1 is 1.16 bits per heavy atom. The van der Waals surface area contributed by atoms with Crippen LogP contribution in [-0.2, 0) is 20.7 Å². The van der Waals surface area contributed by atoms with Gasteiger partial charge < -0.3 is 16.2 Å². The van der Waals surface area contributed by atoms with Crippen LogP contribution in [-0.4, -0.2) is 27.5 Å². The molecule has 0 fully saturated rings. The Kier molecular flexibility index (Phi) is 5.57. The van der Waals surface area contributed by atoms with Gasteiger partial charge in [0, 0.05) is 0 Å². The molecule has 132 valence electrons. The number of hydrogen-bond acceptors (Lipinski definition) is 7. The molecule has 2 atom stereocenters. The summed E-state index contributed by atoms with van der Waals surface area (Å²) in [6.07, 6.45) is -1.26. The fourth-order valence-electron chi connectivity index (χ4n) is 1.97. The molecule has 1 unspecified atom stereocenters. The van der Waals surface area contributed by atoms with Crippen LogP contribution in [0.2, 0.25) is 0 Å². The van der Waals surface area contributed by atoms with E-state index < -0.39 is 41.2 Å². The Morgan fingerprint density at radius 3 is 2.44 bits per heavy atom. The number of carbonyl (C=O) groups excluding carboxylic acids is 2. The lowest BCUT2D eigenvalue weighted by molar-refractivity contribution is -0.163. The van der Waals surface area contributed by atoms with E-state index in [4.69, 9.17) is 11.5 Å². The van der Waals surface area contributed by atoms with E-state index >= 15 is 0 Å². The summed E-state index contributed by atoms with van der Waals surface area (Å²) in [4.78, 5) is 47.8. The zero-order valence-corrected chi connectivity index (χ0v) is 12.8. The maximum Gasteiger partial charge on any atom is 0.351 e. The summed E-state index contributed by atoms with van der Waals surface area (Å²) >= 11 is 0. The quantitative estimate of drug-likeness (QED) is 0.451. The first-order valence-electron chi connectivity index (χ1n) is 7.11. The highest BCUT2D eigenvalue weighted by Crippen LogP contribution is 2.05. The number of nitrogens with two attached hydrogens (primary N) is 2. The van der Waals surface area contributed by atoms with E-state index in [1.54, 1.807) is 35.3 Å². The van der Waals surface area contributed by atoms with Crippen molar-refractivity contribution < 1.29 is 18.7 Å². The van der Waals surface area contributed by atoms with Gasteiger partial charge in [-0.15, -0.1) is 0 Å². The summed E-state index contributed by atoms with van der Waals surface area (Å²) in [6, 6.07) is 7.64. The van der Waals surface area contributed by atoms with Crippen molar-refractivity contribution >= 4 is 11.9 Å². The molecule has 5 N–H and O–H groups in total. The Labute approximate surface area is 140 Å². The fraction of sp³-hybridized carbons (Fsp3) is 0.200. The second-order valence-corrected chi connectivity index (χ2v) is 5.12. The normalized spacial score (nSPS) is 13.1. The summed E-state index contributed by atoms with van der Waals surface area (Å²) in [7, 11) is 0. The van der Waals surface area contributed by atoms with Crippen molar-refractivity contribution in [3.63, 3.8) is 0 Å². The maximum atomic E-state index is 13.2. The van der Waals surface area contributed by atoms with E-state index in [-0.39, 0.29) is 6.42 Å². The molecule has 0 amide bonds. The number of H-pyrrole nitrogens is 1. The second-order valence-electron chi connectivity index (χ2n) is 5.12. The molecule has 0 bridgehead atoms. The van der Waals surface area contributed by atoms with Gasteiger partial charge in [-0.3, -0.25) is 14.3 Å². The number of hydrogen-bond donors (Lipinski definition) is 3. The predicted octanol–water partition coefficient (Wildman–Crippen LogP) is -1.23. The summed E-state index contributed by atoms with van der Waals surface area (Å²) in [6.45, 7) is 0. The van der Waals surface area contributed by atoms with Crippen molar-refractivity contribution in [1.82, 2.24) is 9.55 Å². The van der Waals surface area contributed by atoms with E-state index in [1.807, 2.05) is 0 Å². The SMILES string of the molecule is NC(C(=O)OC(=O)[C@@H](N)Cc1ccccc1)n1cc(F)c(=O)[nH]c1=O. The first-order valence-corrected chi connectivity index (χ1v) is 7.11. The Morgan fingerprint density at radius 2 is 1.80 bits per heavy atom. The van der Waals surface area contributed by atoms with Crippen LogP contribution < -0.4 is 22.7 Å². The molecule has 0 saturated carbocycles. The molecule has 0 aliphatic rings. The Balaban J connectivity index is 2.05. The molecule has 0 saturated heterocycles. The lowest BCUT2D eigenvalue weighted by Crippen LogP contribution is -2.43. The molecule has 1 aromatic heterocycles. The van der Waals surface area contributed by atoms with Crippen LogP contribution in [0.5, 0.6) is 0 Å². The predicted molar refractivity (Wildman–Crippen MR) is 83.7 cm³/mol. The van der Waals surface area contributed by atoms with Gasteiger partial charge in [0.2, 0.25) is 5.82 Å². The number of aromatic amines is 1. The smallest absolute Gasteiger partial charge is 0.351 e. The van der Waals surface area contributed by atoms with Crippen molar-refractivity contribution in [1.29, 1.82) is 0 Å². The zero-order valence-electron chi connectivity index (χ0n) is 12.8. The van der Waals surface area contributed by atoms with Gasteiger partial charge in [-0.1, -0.05) is 30.3 Å². The van der Waals surface area contributed by atoms with Gasteiger partial charge in [0.25, 0.3) is 5.56 Å². The Hall–Kier alpha value is -3.11. The molecule has 0 aliphatic carbocycles. The molecule has 2 rings (SSSR count). The van der Waals surface area contributed by atoms with Gasteiger partial charge in [-0.2, -0.15) is 4.39 Å². The van der Waals surface area contributed by atoms with Gasteiger partial charge in [-0.05, 0) is 12.0 Å². The van der Waals surface area contributed by atoms with Crippen LogP contribution in [0, 0.1) is 5.82 Å². The number of carbonyl (C=O) groups is 2.